The third-order valence-electron chi connectivity index (χ3n) is 9.42. The van der Waals surface area contributed by atoms with E-state index in [1.54, 1.807) is 12.0 Å². The van der Waals surface area contributed by atoms with Crippen molar-refractivity contribution in [2.75, 3.05) is 7.11 Å². The van der Waals surface area contributed by atoms with Crippen molar-refractivity contribution < 1.29 is 19.4 Å². The molecule has 0 radical (unpaired) electrons. The molecule has 5 atom stereocenters. The summed E-state index contributed by atoms with van der Waals surface area (Å²) >= 11 is 0. The molecule has 3 aromatic carbocycles. The molecule has 0 spiro atoms. The number of ether oxygens (including phenoxy) is 1. The summed E-state index contributed by atoms with van der Waals surface area (Å²) in [6, 6.07) is 22.6. The summed E-state index contributed by atoms with van der Waals surface area (Å²) in [5.41, 5.74) is 4.90. The highest BCUT2D eigenvalue weighted by Gasteiger charge is 2.58. The fourth-order valence-corrected chi connectivity index (χ4v) is 7.33. The quantitative estimate of drug-likeness (QED) is 0.318. The van der Waals surface area contributed by atoms with Crippen LogP contribution in [0.25, 0.3) is 0 Å². The van der Waals surface area contributed by atoms with Gasteiger partial charge in [-0.3, -0.25) is 4.79 Å². The van der Waals surface area contributed by atoms with Crippen molar-refractivity contribution in [3.05, 3.63) is 101 Å². The van der Waals surface area contributed by atoms with Crippen LogP contribution in [0.5, 0.6) is 5.75 Å². The second-order valence-corrected chi connectivity index (χ2v) is 14.2. The van der Waals surface area contributed by atoms with E-state index in [1.807, 2.05) is 54.6 Å². The number of benzene rings is 3. The molecule has 1 aliphatic heterocycles. The van der Waals surface area contributed by atoms with Gasteiger partial charge in [-0.2, -0.15) is 0 Å². The molecule has 6 nitrogen and oxygen atoms in total. The van der Waals surface area contributed by atoms with E-state index in [-0.39, 0.29) is 29.2 Å². The van der Waals surface area contributed by atoms with Crippen LogP contribution in [0.2, 0.25) is 0 Å². The predicted octanol–water partition coefficient (Wildman–Crippen LogP) is 6.88. The molecule has 43 heavy (non-hydrogen) atoms. The highest BCUT2D eigenvalue weighted by molar-refractivity contribution is 5.90. The van der Waals surface area contributed by atoms with Crippen molar-refractivity contribution in [2.24, 2.45) is 11.3 Å². The van der Waals surface area contributed by atoms with Crippen LogP contribution >= 0.6 is 0 Å². The Morgan fingerprint density at radius 3 is 2.26 bits per heavy atom. The summed E-state index contributed by atoms with van der Waals surface area (Å²) in [6.07, 6.45) is 1.51. The number of aliphatic carboxylic acids is 1. The summed E-state index contributed by atoms with van der Waals surface area (Å²) in [7, 11) is 1.68. The standard InChI is InChI=1S/C37H46N2O4/c1-36(2,3)26-18-20-29(43-7)25(21-26)22-38-31-30(37(4,5)6)33(35(41)42)39(32(31)24-14-9-8-10-15-24)34(40)28-19-17-23-13-11-12-16-27(23)28/h8-16,18,20-21,28,30-33,38H,17,19,22H2,1-7H3,(H,41,42)/t28?,30-,31-,32-,33-/m0/s1. The van der Waals surface area contributed by atoms with E-state index in [2.05, 4.69) is 65.1 Å². The Morgan fingerprint density at radius 2 is 1.63 bits per heavy atom. The maximum atomic E-state index is 14.7. The minimum Gasteiger partial charge on any atom is -0.496 e. The number of carbonyl (C=O) groups is 2. The lowest BCUT2D eigenvalue weighted by molar-refractivity contribution is -0.152. The van der Waals surface area contributed by atoms with Gasteiger partial charge >= 0.3 is 5.97 Å². The number of hydrogen-bond donors (Lipinski definition) is 2. The van der Waals surface area contributed by atoms with Crippen LogP contribution in [0.15, 0.2) is 72.8 Å². The molecule has 0 saturated carbocycles. The molecule has 1 aliphatic carbocycles. The summed E-state index contributed by atoms with van der Waals surface area (Å²) in [5.74, 6) is -0.985. The minimum atomic E-state index is -0.981. The molecule has 0 bridgehead atoms. The van der Waals surface area contributed by atoms with Crippen LogP contribution in [0.4, 0.5) is 0 Å². The van der Waals surface area contributed by atoms with Gasteiger partial charge in [0.15, 0.2) is 0 Å². The van der Waals surface area contributed by atoms with Crippen LogP contribution < -0.4 is 10.1 Å². The molecule has 2 aliphatic rings. The van der Waals surface area contributed by atoms with E-state index in [4.69, 9.17) is 4.74 Å². The third kappa shape index (κ3) is 5.95. The van der Waals surface area contributed by atoms with Crippen LogP contribution in [-0.2, 0) is 28.0 Å². The summed E-state index contributed by atoms with van der Waals surface area (Å²) < 4.78 is 5.75. The van der Waals surface area contributed by atoms with Gasteiger partial charge in [0, 0.05) is 24.1 Å². The number of carboxylic acids is 1. The van der Waals surface area contributed by atoms with E-state index in [0.29, 0.717) is 13.0 Å². The second-order valence-electron chi connectivity index (χ2n) is 14.2. The number of hydrogen-bond acceptors (Lipinski definition) is 4. The van der Waals surface area contributed by atoms with Gasteiger partial charge in [0.05, 0.1) is 19.1 Å². The Morgan fingerprint density at radius 1 is 0.953 bits per heavy atom. The third-order valence-corrected chi connectivity index (χ3v) is 9.42. The molecular weight excluding hydrogens is 536 g/mol. The number of nitrogens with zero attached hydrogens (tertiary/aromatic N) is 1. The van der Waals surface area contributed by atoms with E-state index in [9.17, 15) is 14.7 Å². The van der Waals surface area contributed by atoms with Gasteiger partial charge in [0.2, 0.25) is 5.91 Å². The zero-order valence-electron chi connectivity index (χ0n) is 26.6. The summed E-state index contributed by atoms with van der Waals surface area (Å²) in [4.78, 5) is 29.6. The average Bonchev–Trinajstić information content (AvgIpc) is 3.55. The minimum absolute atomic E-state index is 0.0376. The Balaban J connectivity index is 1.61. The van der Waals surface area contributed by atoms with Crippen molar-refractivity contribution in [1.82, 2.24) is 10.2 Å². The second kappa shape index (κ2) is 11.8. The first-order chi connectivity index (χ1) is 20.3. The molecule has 3 aromatic rings. The molecule has 1 fully saturated rings. The monoisotopic (exact) mass is 582 g/mol. The molecule has 1 saturated heterocycles. The molecule has 1 heterocycles. The van der Waals surface area contributed by atoms with E-state index in [0.717, 1.165) is 28.9 Å². The van der Waals surface area contributed by atoms with Crippen molar-refractivity contribution in [2.45, 2.75) is 90.4 Å². The molecule has 1 unspecified atom stereocenters. The van der Waals surface area contributed by atoms with Gasteiger partial charge < -0.3 is 20.1 Å². The molecule has 6 heteroatoms. The van der Waals surface area contributed by atoms with Gasteiger partial charge in [-0.1, -0.05) is 108 Å². The first-order valence-corrected chi connectivity index (χ1v) is 15.4. The Kier molecular flexibility index (Phi) is 8.45. The van der Waals surface area contributed by atoms with E-state index < -0.39 is 23.5 Å². The highest BCUT2D eigenvalue weighted by Crippen LogP contribution is 2.50. The smallest absolute Gasteiger partial charge is 0.326 e. The fraction of sp³-hybridized carbons (Fsp3) is 0.459. The van der Waals surface area contributed by atoms with Crippen molar-refractivity contribution >= 4 is 11.9 Å². The molecule has 228 valence electrons. The number of amides is 1. The lowest BCUT2D eigenvalue weighted by atomic mass is 9.72. The Bertz CT molecular complexity index is 1470. The SMILES string of the molecule is COc1ccc(C(C)(C)C)cc1CN[C@H]1[C@H](C(C)(C)C)[C@@H](C(=O)O)N(C(=O)C2CCc3ccccc32)[C@H]1c1ccccc1. The largest absolute Gasteiger partial charge is 0.496 e. The van der Waals surface area contributed by atoms with Crippen LogP contribution in [0.3, 0.4) is 0 Å². The van der Waals surface area contributed by atoms with Gasteiger partial charge in [-0.15, -0.1) is 0 Å². The lowest BCUT2D eigenvalue weighted by Crippen LogP contribution is -2.48. The average molecular weight is 583 g/mol. The van der Waals surface area contributed by atoms with Crippen molar-refractivity contribution in [1.29, 1.82) is 0 Å². The lowest BCUT2D eigenvalue weighted by Gasteiger charge is -2.35. The zero-order valence-corrected chi connectivity index (χ0v) is 26.6. The molecule has 0 aromatic heterocycles. The molecule has 5 rings (SSSR count). The molecule has 2 N–H and O–H groups in total. The Labute approximate surface area is 256 Å². The number of carboxylic acid groups (broad SMARTS) is 1. The number of carbonyl (C=O) groups excluding carboxylic acids is 1. The number of methoxy groups -OCH3 is 1. The summed E-state index contributed by atoms with van der Waals surface area (Å²) in [5, 5.41) is 14.6. The number of likely N-dealkylation sites (tertiary alicyclic amines) is 1. The molecule has 1 amide bonds. The summed E-state index contributed by atoms with van der Waals surface area (Å²) in [6.45, 7) is 13.3. The van der Waals surface area contributed by atoms with Gasteiger partial charge in [-0.25, -0.2) is 4.79 Å². The number of fused-ring (bicyclic) bond motifs is 1. The van der Waals surface area contributed by atoms with Crippen molar-refractivity contribution in [3.63, 3.8) is 0 Å². The predicted molar refractivity (Wildman–Crippen MR) is 170 cm³/mol. The van der Waals surface area contributed by atoms with Crippen LogP contribution in [0, 0.1) is 11.3 Å². The van der Waals surface area contributed by atoms with Gasteiger partial charge in [0.1, 0.15) is 11.8 Å². The molecular formula is C37H46N2O4. The first-order valence-electron chi connectivity index (χ1n) is 15.4. The maximum absolute atomic E-state index is 14.7. The number of aryl methyl sites for hydroxylation is 1. The van der Waals surface area contributed by atoms with Crippen LogP contribution in [-0.4, -0.2) is 41.1 Å². The Hall–Kier alpha value is -3.64. The van der Waals surface area contributed by atoms with Gasteiger partial charge in [0.25, 0.3) is 0 Å². The highest BCUT2D eigenvalue weighted by atomic mass is 16.5. The maximum Gasteiger partial charge on any atom is 0.326 e. The van der Waals surface area contributed by atoms with E-state index >= 15 is 0 Å². The normalized spacial score (nSPS) is 23.7. The van der Waals surface area contributed by atoms with Crippen LogP contribution in [0.1, 0.15) is 87.7 Å². The number of nitrogens with one attached hydrogen (secondary N) is 1. The van der Waals surface area contributed by atoms with Gasteiger partial charge in [-0.05, 0) is 52.0 Å². The topological polar surface area (TPSA) is 78.9 Å². The number of rotatable bonds is 7. The fourth-order valence-electron chi connectivity index (χ4n) is 7.33. The van der Waals surface area contributed by atoms with E-state index in [1.165, 1.54) is 11.1 Å². The first kappa shape index (κ1) is 30.8. The zero-order chi connectivity index (χ0) is 31.1. The van der Waals surface area contributed by atoms with Crippen molar-refractivity contribution in [3.8, 4) is 5.75 Å².